The van der Waals surface area contributed by atoms with Gasteiger partial charge in [-0.1, -0.05) is 6.92 Å². The van der Waals surface area contributed by atoms with Gasteiger partial charge in [0.05, 0.1) is 7.11 Å². The van der Waals surface area contributed by atoms with Crippen molar-refractivity contribution in [2.45, 2.75) is 32.4 Å². The van der Waals surface area contributed by atoms with E-state index >= 15 is 0 Å². The maximum absolute atomic E-state index is 11.0. The van der Waals surface area contributed by atoms with Gasteiger partial charge in [-0.2, -0.15) is 0 Å². The van der Waals surface area contributed by atoms with Crippen LogP contribution in [-0.4, -0.2) is 33.8 Å². The minimum Gasteiger partial charge on any atom is -0.467 e. The molecule has 1 rings (SSSR count). The Balaban J connectivity index is 2.63. The molecule has 1 aromatic heterocycles. The first-order valence-electron chi connectivity index (χ1n) is 4.95. The summed E-state index contributed by atoms with van der Waals surface area (Å²) >= 11 is 0. The third-order valence-electron chi connectivity index (χ3n) is 2.12. The molecule has 1 unspecified atom stereocenters. The molecule has 1 heterocycles. The van der Waals surface area contributed by atoms with Gasteiger partial charge in [0, 0.05) is 25.4 Å². The van der Waals surface area contributed by atoms with E-state index in [1.165, 1.54) is 7.11 Å². The van der Waals surface area contributed by atoms with Crippen molar-refractivity contribution >= 4 is 5.97 Å². The molecule has 0 saturated carbocycles. The van der Waals surface area contributed by atoms with Crippen LogP contribution in [0, 0.1) is 0 Å². The SMILES string of the molecule is CCCn1ccnc1CC(O)C(=O)OC. The van der Waals surface area contributed by atoms with Gasteiger partial charge in [0.2, 0.25) is 0 Å². The molecule has 0 fully saturated rings. The molecular formula is C10H16N2O3. The average molecular weight is 212 g/mol. The molecule has 1 N–H and O–H groups in total. The van der Waals surface area contributed by atoms with Gasteiger partial charge in [-0.3, -0.25) is 0 Å². The number of carbonyl (C=O) groups is 1. The normalized spacial score (nSPS) is 12.5. The van der Waals surface area contributed by atoms with Crippen LogP contribution in [0.2, 0.25) is 0 Å². The third-order valence-corrected chi connectivity index (χ3v) is 2.12. The first-order valence-corrected chi connectivity index (χ1v) is 4.95. The van der Waals surface area contributed by atoms with E-state index in [1.807, 2.05) is 10.8 Å². The Labute approximate surface area is 88.7 Å². The van der Waals surface area contributed by atoms with Crippen molar-refractivity contribution < 1.29 is 14.6 Å². The predicted molar refractivity (Wildman–Crippen MR) is 54.2 cm³/mol. The highest BCUT2D eigenvalue weighted by Crippen LogP contribution is 2.04. The lowest BCUT2D eigenvalue weighted by molar-refractivity contribution is -0.150. The zero-order valence-corrected chi connectivity index (χ0v) is 9.01. The minimum absolute atomic E-state index is 0.194. The molecule has 0 aliphatic carbocycles. The number of imidazole rings is 1. The molecule has 5 heteroatoms. The van der Waals surface area contributed by atoms with Crippen LogP contribution >= 0.6 is 0 Å². The van der Waals surface area contributed by atoms with E-state index in [2.05, 4.69) is 16.6 Å². The van der Waals surface area contributed by atoms with Crippen LogP contribution < -0.4 is 0 Å². The first-order chi connectivity index (χ1) is 7.19. The van der Waals surface area contributed by atoms with Crippen molar-refractivity contribution in [3.63, 3.8) is 0 Å². The van der Waals surface area contributed by atoms with Crippen LogP contribution in [-0.2, 0) is 22.5 Å². The Morgan fingerprint density at radius 3 is 3.07 bits per heavy atom. The van der Waals surface area contributed by atoms with E-state index in [0.717, 1.165) is 13.0 Å². The van der Waals surface area contributed by atoms with Gasteiger partial charge >= 0.3 is 5.97 Å². The van der Waals surface area contributed by atoms with E-state index in [1.54, 1.807) is 6.20 Å². The van der Waals surface area contributed by atoms with Gasteiger partial charge in [0.1, 0.15) is 5.82 Å². The number of hydrogen-bond donors (Lipinski definition) is 1. The maximum Gasteiger partial charge on any atom is 0.335 e. The number of esters is 1. The van der Waals surface area contributed by atoms with Crippen LogP contribution in [0.3, 0.4) is 0 Å². The number of methoxy groups -OCH3 is 1. The fourth-order valence-corrected chi connectivity index (χ4v) is 1.37. The Bertz CT molecular complexity index is 322. The number of rotatable bonds is 5. The van der Waals surface area contributed by atoms with E-state index in [0.29, 0.717) is 5.82 Å². The van der Waals surface area contributed by atoms with E-state index in [4.69, 9.17) is 0 Å². The highest BCUT2D eigenvalue weighted by atomic mass is 16.5. The second-order valence-electron chi connectivity index (χ2n) is 3.28. The number of aryl methyl sites for hydroxylation is 1. The van der Waals surface area contributed by atoms with E-state index < -0.39 is 12.1 Å². The van der Waals surface area contributed by atoms with Crippen molar-refractivity contribution in [3.8, 4) is 0 Å². The topological polar surface area (TPSA) is 64.3 Å². The predicted octanol–water partition coefficient (Wildman–Crippen LogP) is 0.369. The van der Waals surface area contributed by atoms with Gasteiger partial charge in [-0.05, 0) is 6.42 Å². The Morgan fingerprint density at radius 2 is 2.47 bits per heavy atom. The maximum atomic E-state index is 11.0. The lowest BCUT2D eigenvalue weighted by atomic mass is 10.2. The smallest absolute Gasteiger partial charge is 0.335 e. The summed E-state index contributed by atoms with van der Waals surface area (Å²) in [6.07, 6.45) is 3.54. The van der Waals surface area contributed by atoms with Gasteiger partial charge in [-0.25, -0.2) is 9.78 Å². The van der Waals surface area contributed by atoms with Crippen LogP contribution in [0.25, 0.3) is 0 Å². The molecule has 15 heavy (non-hydrogen) atoms. The van der Waals surface area contributed by atoms with E-state index in [9.17, 15) is 9.90 Å². The van der Waals surface area contributed by atoms with Gasteiger partial charge < -0.3 is 14.4 Å². The van der Waals surface area contributed by atoms with Crippen LogP contribution in [0.5, 0.6) is 0 Å². The molecule has 0 spiro atoms. The molecule has 1 aromatic rings. The van der Waals surface area contributed by atoms with Crippen LogP contribution in [0.1, 0.15) is 19.2 Å². The molecule has 1 atom stereocenters. The number of ether oxygens (including phenoxy) is 1. The number of aliphatic hydroxyl groups is 1. The van der Waals surface area contributed by atoms with Crippen LogP contribution in [0.15, 0.2) is 12.4 Å². The molecule has 0 saturated heterocycles. The highest BCUT2D eigenvalue weighted by molar-refractivity contribution is 5.74. The van der Waals surface area contributed by atoms with Gasteiger partial charge in [0.15, 0.2) is 6.10 Å². The van der Waals surface area contributed by atoms with Crippen molar-refractivity contribution in [3.05, 3.63) is 18.2 Å². The molecular weight excluding hydrogens is 196 g/mol. The fraction of sp³-hybridized carbons (Fsp3) is 0.600. The molecule has 84 valence electrons. The van der Waals surface area contributed by atoms with Crippen molar-refractivity contribution in [2.75, 3.05) is 7.11 Å². The molecule has 0 bridgehead atoms. The Morgan fingerprint density at radius 1 is 1.73 bits per heavy atom. The summed E-state index contributed by atoms with van der Waals surface area (Å²) in [6, 6.07) is 0. The fourth-order valence-electron chi connectivity index (χ4n) is 1.37. The summed E-state index contributed by atoms with van der Waals surface area (Å²) < 4.78 is 6.36. The van der Waals surface area contributed by atoms with Crippen molar-refractivity contribution in [1.29, 1.82) is 0 Å². The molecule has 0 aliphatic rings. The molecule has 0 aliphatic heterocycles. The Hall–Kier alpha value is -1.36. The second kappa shape index (κ2) is 5.50. The molecule has 5 nitrogen and oxygen atoms in total. The quantitative estimate of drug-likeness (QED) is 0.716. The number of carbonyl (C=O) groups excluding carboxylic acids is 1. The Kier molecular flexibility index (Phi) is 4.30. The molecule has 0 aromatic carbocycles. The van der Waals surface area contributed by atoms with Gasteiger partial charge in [-0.15, -0.1) is 0 Å². The summed E-state index contributed by atoms with van der Waals surface area (Å²) in [5, 5.41) is 9.45. The number of aliphatic hydroxyl groups excluding tert-OH is 1. The summed E-state index contributed by atoms with van der Waals surface area (Å²) in [5.41, 5.74) is 0. The standard InChI is InChI=1S/C10H16N2O3/c1-3-5-12-6-4-11-9(12)7-8(13)10(14)15-2/h4,6,8,13H,3,5,7H2,1-2H3. The van der Waals surface area contributed by atoms with Crippen LogP contribution in [0.4, 0.5) is 0 Å². The van der Waals surface area contributed by atoms with Crippen molar-refractivity contribution in [2.24, 2.45) is 0 Å². The zero-order valence-electron chi connectivity index (χ0n) is 9.01. The number of aromatic nitrogens is 2. The molecule has 0 amide bonds. The minimum atomic E-state index is -1.13. The van der Waals surface area contributed by atoms with E-state index in [-0.39, 0.29) is 6.42 Å². The highest BCUT2D eigenvalue weighted by Gasteiger charge is 2.18. The lowest BCUT2D eigenvalue weighted by Gasteiger charge is -2.09. The zero-order chi connectivity index (χ0) is 11.3. The largest absolute Gasteiger partial charge is 0.467 e. The summed E-state index contributed by atoms with van der Waals surface area (Å²) in [6.45, 7) is 2.89. The molecule has 0 radical (unpaired) electrons. The third kappa shape index (κ3) is 3.06. The lowest BCUT2D eigenvalue weighted by Crippen LogP contribution is -2.25. The summed E-state index contributed by atoms with van der Waals surface area (Å²) in [7, 11) is 1.25. The second-order valence-corrected chi connectivity index (χ2v) is 3.28. The first kappa shape index (κ1) is 11.7. The average Bonchev–Trinajstić information content (AvgIpc) is 2.65. The summed E-state index contributed by atoms with van der Waals surface area (Å²) in [5.74, 6) is 0.0794. The summed E-state index contributed by atoms with van der Waals surface area (Å²) in [4.78, 5) is 15.1. The number of hydrogen-bond acceptors (Lipinski definition) is 4. The number of nitrogens with zero attached hydrogens (tertiary/aromatic N) is 2. The monoisotopic (exact) mass is 212 g/mol. The van der Waals surface area contributed by atoms with Gasteiger partial charge in [0.25, 0.3) is 0 Å². The van der Waals surface area contributed by atoms with Crippen molar-refractivity contribution in [1.82, 2.24) is 9.55 Å².